The lowest BCUT2D eigenvalue weighted by molar-refractivity contribution is -0.129. The van der Waals surface area contributed by atoms with Gasteiger partial charge in [0.05, 0.1) is 13.2 Å². The van der Waals surface area contributed by atoms with Gasteiger partial charge in [0.25, 0.3) is 0 Å². The van der Waals surface area contributed by atoms with Crippen LogP contribution in [-0.2, 0) is 4.79 Å². The first-order valence-electron chi connectivity index (χ1n) is 7.15. The van der Waals surface area contributed by atoms with Crippen LogP contribution in [0.5, 0.6) is 5.75 Å². The van der Waals surface area contributed by atoms with Crippen LogP contribution < -0.4 is 10.2 Å². The van der Waals surface area contributed by atoms with Gasteiger partial charge in [0.2, 0.25) is 5.91 Å². The van der Waals surface area contributed by atoms with Gasteiger partial charge >= 0.3 is 0 Å². The van der Waals surface area contributed by atoms with Crippen molar-refractivity contribution in [3.8, 4) is 5.75 Å². The average molecular weight is 295 g/mol. The van der Waals surface area contributed by atoms with Crippen molar-refractivity contribution in [2.24, 2.45) is 5.41 Å². The van der Waals surface area contributed by atoms with Crippen molar-refractivity contribution in [1.29, 1.82) is 0 Å². The van der Waals surface area contributed by atoms with Crippen LogP contribution in [0.15, 0.2) is 24.3 Å². The number of carbonyl (C=O) groups is 1. The highest BCUT2D eigenvalue weighted by Crippen LogP contribution is 2.38. The molecule has 1 unspecified atom stereocenters. The maximum absolute atomic E-state index is 10.9. The Morgan fingerprint density at radius 1 is 1.29 bits per heavy atom. The molecular weight excluding hydrogens is 270 g/mol. The van der Waals surface area contributed by atoms with Crippen molar-refractivity contribution >= 4 is 5.91 Å². The number of hydrogen-bond donors (Lipinski definition) is 3. The van der Waals surface area contributed by atoms with Gasteiger partial charge in [-0.2, -0.15) is 0 Å². The Morgan fingerprint density at radius 2 is 1.90 bits per heavy atom. The summed E-state index contributed by atoms with van der Waals surface area (Å²) < 4.78 is 5.11. The van der Waals surface area contributed by atoms with Crippen LogP contribution in [-0.4, -0.2) is 23.3 Å². The monoisotopic (exact) mass is 295 g/mol. The summed E-state index contributed by atoms with van der Waals surface area (Å²) in [7, 11) is 1.61. The Kier molecular flexibility index (Phi) is 6.65. The van der Waals surface area contributed by atoms with E-state index in [9.17, 15) is 9.90 Å². The van der Waals surface area contributed by atoms with E-state index in [1.54, 1.807) is 12.6 Å². The molecule has 0 saturated heterocycles. The maximum Gasteiger partial charge on any atom is 0.243 e. The molecule has 0 aromatic heterocycles. The zero-order valence-electron chi connectivity index (χ0n) is 12.9. The third kappa shape index (κ3) is 5.36. The third-order valence-corrected chi connectivity index (χ3v) is 3.77. The molecule has 3 N–H and O–H groups in total. The number of ether oxygens (including phenoxy) is 1. The van der Waals surface area contributed by atoms with E-state index in [1.165, 1.54) is 0 Å². The molecule has 0 heterocycles. The van der Waals surface area contributed by atoms with E-state index in [0.717, 1.165) is 24.2 Å². The molecule has 1 amide bonds. The Labute approximate surface area is 125 Å². The fourth-order valence-electron chi connectivity index (χ4n) is 2.30. The Bertz CT molecular complexity index is 442. The van der Waals surface area contributed by atoms with Crippen LogP contribution in [0.25, 0.3) is 0 Å². The van der Waals surface area contributed by atoms with Gasteiger partial charge in [-0.25, -0.2) is 5.48 Å². The number of carbonyl (C=O) groups excluding carboxylic acids is 1. The van der Waals surface area contributed by atoms with Crippen LogP contribution in [0.3, 0.4) is 0 Å². The summed E-state index contributed by atoms with van der Waals surface area (Å²) >= 11 is 0. The van der Waals surface area contributed by atoms with Gasteiger partial charge in [-0.05, 0) is 36.0 Å². The second-order valence-corrected chi connectivity index (χ2v) is 5.91. The normalized spacial score (nSPS) is 12.8. The molecule has 1 aromatic rings. The molecule has 0 aliphatic heterocycles. The molecule has 1 atom stereocenters. The molecule has 0 aliphatic carbocycles. The van der Waals surface area contributed by atoms with Crippen molar-refractivity contribution in [3.63, 3.8) is 0 Å². The maximum atomic E-state index is 10.9. The highest BCUT2D eigenvalue weighted by Gasteiger charge is 2.28. The van der Waals surface area contributed by atoms with E-state index < -0.39 is 6.10 Å². The lowest BCUT2D eigenvalue weighted by Gasteiger charge is -2.31. The van der Waals surface area contributed by atoms with Gasteiger partial charge in [0, 0.05) is 6.42 Å². The van der Waals surface area contributed by atoms with E-state index >= 15 is 0 Å². The van der Waals surface area contributed by atoms with Crippen LogP contribution >= 0.6 is 0 Å². The van der Waals surface area contributed by atoms with Crippen molar-refractivity contribution in [2.75, 3.05) is 7.11 Å². The largest absolute Gasteiger partial charge is 0.497 e. The Morgan fingerprint density at radius 3 is 2.43 bits per heavy atom. The molecule has 0 spiro atoms. The number of aliphatic hydroxyl groups is 1. The molecular formula is C16H25NO4. The van der Waals surface area contributed by atoms with Crippen LogP contribution in [0, 0.1) is 5.41 Å². The number of unbranched alkanes of at least 4 members (excludes halogenated alkanes) is 1. The lowest BCUT2D eigenvalue weighted by Crippen LogP contribution is -2.22. The summed E-state index contributed by atoms with van der Waals surface area (Å²) in [5.41, 5.74) is 2.19. The van der Waals surface area contributed by atoms with Crippen LogP contribution in [0.2, 0.25) is 0 Å². The highest BCUT2D eigenvalue weighted by atomic mass is 16.5. The molecule has 0 bridgehead atoms. The van der Waals surface area contributed by atoms with Gasteiger partial charge in [-0.1, -0.05) is 32.4 Å². The highest BCUT2D eigenvalue weighted by molar-refractivity contribution is 5.74. The first-order chi connectivity index (χ1) is 9.90. The van der Waals surface area contributed by atoms with Crippen molar-refractivity contribution < 1.29 is 19.8 Å². The number of amides is 1. The number of hydrogen-bond acceptors (Lipinski definition) is 4. The summed E-state index contributed by atoms with van der Waals surface area (Å²) in [5.74, 6) is 0.391. The van der Waals surface area contributed by atoms with E-state index in [4.69, 9.17) is 9.94 Å². The van der Waals surface area contributed by atoms with Crippen molar-refractivity contribution in [2.45, 2.75) is 45.6 Å². The minimum Gasteiger partial charge on any atom is -0.497 e. The summed E-state index contributed by atoms with van der Waals surface area (Å²) in [4.78, 5) is 10.9. The second kappa shape index (κ2) is 8.00. The molecule has 1 rings (SSSR count). The molecule has 1 aromatic carbocycles. The lowest BCUT2D eigenvalue weighted by atomic mass is 9.78. The van der Waals surface area contributed by atoms with Gasteiger partial charge in [0.1, 0.15) is 5.75 Å². The topological polar surface area (TPSA) is 78.8 Å². The molecule has 118 valence electrons. The Hall–Kier alpha value is -1.59. The number of benzene rings is 1. The van der Waals surface area contributed by atoms with Gasteiger partial charge < -0.3 is 9.84 Å². The predicted octanol–water partition coefficient (Wildman–Crippen LogP) is 2.82. The first kappa shape index (κ1) is 17.5. The molecule has 0 fully saturated rings. The fraction of sp³-hybridized carbons (Fsp3) is 0.562. The minimum atomic E-state index is -0.574. The number of rotatable bonds is 8. The zero-order valence-corrected chi connectivity index (χ0v) is 12.9. The van der Waals surface area contributed by atoms with Gasteiger partial charge in [-0.15, -0.1) is 0 Å². The third-order valence-electron chi connectivity index (χ3n) is 3.77. The molecule has 0 aliphatic rings. The number of hydroxylamine groups is 1. The second-order valence-electron chi connectivity index (χ2n) is 5.91. The number of nitrogens with one attached hydrogen (secondary N) is 1. The van der Waals surface area contributed by atoms with Gasteiger partial charge in [0.15, 0.2) is 0 Å². The predicted molar refractivity (Wildman–Crippen MR) is 80.1 cm³/mol. The average Bonchev–Trinajstić information content (AvgIpc) is 2.50. The van der Waals surface area contributed by atoms with Crippen molar-refractivity contribution in [3.05, 3.63) is 29.8 Å². The standard InChI is InChI=1S/C16H25NO4/c1-16(2,11-5-4-6-14(18)17-20)15(19)12-7-9-13(21-3)10-8-12/h7-10,15,19-20H,4-6,11H2,1-3H3,(H,17,18). The van der Waals surface area contributed by atoms with E-state index in [1.807, 2.05) is 38.1 Å². The van der Waals surface area contributed by atoms with E-state index in [-0.39, 0.29) is 11.3 Å². The smallest absolute Gasteiger partial charge is 0.243 e. The molecule has 21 heavy (non-hydrogen) atoms. The van der Waals surface area contributed by atoms with Crippen LogP contribution in [0.1, 0.15) is 51.2 Å². The molecule has 5 nitrogen and oxygen atoms in total. The van der Waals surface area contributed by atoms with Crippen molar-refractivity contribution in [1.82, 2.24) is 5.48 Å². The quantitative estimate of drug-likeness (QED) is 0.391. The molecule has 5 heteroatoms. The molecule has 0 saturated carbocycles. The van der Waals surface area contributed by atoms with E-state index in [0.29, 0.717) is 12.8 Å². The first-order valence-corrected chi connectivity index (χ1v) is 7.15. The molecule has 0 radical (unpaired) electrons. The fourth-order valence-corrected chi connectivity index (χ4v) is 2.30. The number of methoxy groups -OCH3 is 1. The summed E-state index contributed by atoms with van der Waals surface area (Å²) in [6.45, 7) is 4.02. The Balaban J connectivity index is 2.53. The summed E-state index contributed by atoms with van der Waals surface area (Å²) in [6, 6.07) is 7.40. The zero-order chi connectivity index (χ0) is 15.9. The number of aliphatic hydroxyl groups excluding tert-OH is 1. The SMILES string of the molecule is COc1ccc(C(O)C(C)(C)CCCCC(=O)NO)cc1. The van der Waals surface area contributed by atoms with Gasteiger partial charge in [-0.3, -0.25) is 10.0 Å². The summed E-state index contributed by atoms with van der Waals surface area (Å²) in [5, 5.41) is 18.9. The van der Waals surface area contributed by atoms with Crippen LogP contribution in [0.4, 0.5) is 0 Å². The summed E-state index contributed by atoms with van der Waals surface area (Å²) in [6.07, 6.45) is 2.01. The minimum absolute atomic E-state index is 0.287. The van der Waals surface area contributed by atoms with E-state index in [2.05, 4.69) is 0 Å².